The SMILES string of the molecule is Cc1cccc(NC(=O)CN(C)C(C)C(=O)NCc2ccccc2Cl)c1C. The van der Waals surface area contributed by atoms with Crippen LogP contribution in [0.3, 0.4) is 0 Å². The van der Waals surface area contributed by atoms with Crippen molar-refractivity contribution >= 4 is 29.1 Å². The highest BCUT2D eigenvalue weighted by Gasteiger charge is 2.20. The second-order valence-corrected chi connectivity index (χ2v) is 7.10. The molecule has 0 spiro atoms. The standard InChI is InChI=1S/C21H26ClN3O2/c1-14-8-7-11-19(15(14)2)24-20(26)13-25(4)16(3)21(27)23-12-17-9-5-6-10-18(17)22/h5-11,16H,12-13H2,1-4H3,(H,23,27)(H,24,26). The maximum absolute atomic E-state index is 12.4. The van der Waals surface area contributed by atoms with Gasteiger partial charge in [-0.05, 0) is 56.6 Å². The van der Waals surface area contributed by atoms with E-state index in [2.05, 4.69) is 10.6 Å². The van der Waals surface area contributed by atoms with Gasteiger partial charge < -0.3 is 10.6 Å². The Kier molecular flexibility index (Phi) is 7.39. The maximum atomic E-state index is 12.4. The predicted octanol–water partition coefficient (Wildman–Crippen LogP) is 3.53. The highest BCUT2D eigenvalue weighted by atomic mass is 35.5. The van der Waals surface area contributed by atoms with E-state index >= 15 is 0 Å². The Bertz CT molecular complexity index is 823. The first-order chi connectivity index (χ1) is 12.8. The number of halogens is 1. The van der Waals surface area contributed by atoms with E-state index in [0.29, 0.717) is 11.6 Å². The summed E-state index contributed by atoms with van der Waals surface area (Å²) in [7, 11) is 1.75. The number of likely N-dealkylation sites (N-methyl/N-ethyl adjacent to an activating group) is 1. The fourth-order valence-corrected chi connectivity index (χ4v) is 2.81. The van der Waals surface area contributed by atoms with Crippen LogP contribution in [-0.2, 0) is 16.1 Å². The number of rotatable bonds is 7. The zero-order valence-electron chi connectivity index (χ0n) is 16.2. The summed E-state index contributed by atoms with van der Waals surface area (Å²) < 4.78 is 0. The van der Waals surface area contributed by atoms with Crippen LogP contribution in [0.25, 0.3) is 0 Å². The van der Waals surface area contributed by atoms with Crippen molar-refractivity contribution in [2.75, 3.05) is 18.9 Å². The maximum Gasteiger partial charge on any atom is 0.238 e. The molecular weight excluding hydrogens is 362 g/mol. The van der Waals surface area contributed by atoms with Crippen molar-refractivity contribution in [3.8, 4) is 0 Å². The summed E-state index contributed by atoms with van der Waals surface area (Å²) in [6.07, 6.45) is 0. The van der Waals surface area contributed by atoms with Crippen molar-refractivity contribution in [3.05, 3.63) is 64.2 Å². The monoisotopic (exact) mass is 387 g/mol. The Morgan fingerprint density at radius 2 is 1.81 bits per heavy atom. The third-order valence-corrected chi connectivity index (χ3v) is 5.09. The molecule has 1 unspecified atom stereocenters. The van der Waals surface area contributed by atoms with Gasteiger partial charge in [0.25, 0.3) is 0 Å². The first-order valence-electron chi connectivity index (χ1n) is 8.87. The van der Waals surface area contributed by atoms with Crippen LogP contribution in [0.15, 0.2) is 42.5 Å². The summed E-state index contributed by atoms with van der Waals surface area (Å²) in [6.45, 7) is 6.22. The number of aryl methyl sites for hydroxylation is 1. The van der Waals surface area contributed by atoms with E-state index in [0.717, 1.165) is 22.4 Å². The van der Waals surface area contributed by atoms with Gasteiger partial charge in [0.05, 0.1) is 12.6 Å². The average molecular weight is 388 g/mol. The summed E-state index contributed by atoms with van der Waals surface area (Å²) in [5.74, 6) is -0.311. The van der Waals surface area contributed by atoms with Crippen LogP contribution < -0.4 is 10.6 Å². The van der Waals surface area contributed by atoms with E-state index in [4.69, 9.17) is 11.6 Å². The van der Waals surface area contributed by atoms with Gasteiger partial charge in [-0.3, -0.25) is 14.5 Å². The average Bonchev–Trinajstić information content (AvgIpc) is 2.63. The van der Waals surface area contributed by atoms with E-state index < -0.39 is 6.04 Å². The molecule has 0 aliphatic carbocycles. The Morgan fingerprint density at radius 3 is 2.52 bits per heavy atom. The highest BCUT2D eigenvalue weighted by Crippen LogP contribution is 2.18. The molecule has 144 valence electrons. The van der Waals surface area contributed by atoms with Gasteiger partial charge in [0.1, 0.15) is 0 Å². The number of amides is 2. The van der Waals surface area contributed by atoms with Gasteiger partial charge in [-0.25, -0.2) is 0 Å². The lowest BCUT2D eigenvalue weighted by molar-refractivity contribution is -0.126. The van der Waals surface area contributed by atoms with E-state index in [1.165, 1.54) is 0 Å². The van der Waals surface area contributed by atoms with Crippen molar-refractivity contribution in [2.45, 2.75) is 33.4 Å². The molecule has 2 rings (SSSR count). The second-order valence-electron chi connectivity index (χ2n) is 6.70. The van der Waals surface area contributed by atoms with Crippen molar-refractivity contribution in [1.82, 2.24) is 10.2 Å². The summed E-state index contributed by atoms with van der Waals surface area (Å²) in [5, 5.41) is 6.39. The number of carbonyl (C=O) groups is 2. The van der Waals surface area contributed by atoms with Crippen molar-refractivity contribution < 1.29 is 9.59 Å². The number of nitrogens with zero attached hydrogens (tertiary/aromatic N) is 1. The molecular formula is C21H26ClN3O2. The summed E-state index contributed by atoms with van der Waals surface area (Å²) in [4.78, 5) is 26.4. The molecule has 2 aromatic carbocycles. The van der Waals surface area contributed by atoms with Gasteiger partial charge in [-0.15, -0.1) is 0 Å². The molecule has 6 heteroatoms. The zero-order chi connectivity index (χ0) is 20.0. The van der Waals surface area contributed by atoms with Crippen LogP contribution in [0.5, 0.6) is 0 Å². The summed E-state index contributed by atoms with van der Waals surface area (Å²) in [6, 6.07) is 12.7. The summed E-state index contributed by atoms with van der Waals surface area (Å²) in [5.41, 5.74) is 3.81. The lowest BCUT2D eigenvalue weighted by Crippen LogP contribution is -2.45. The second kappa shape index (κ2) is 9.53. The van der Waals surface area contributed by atoms with Crippen LogP contribution in [0.2, 0.25) is 5.02 Å². The molecule has 1 atom stereocenters. The molecule has 0 bridgehead atoms. The predicted molar refractivity (Wildman–Crippen MR) is 110 cm³/mol. The Labute approximate surface area is 165 Å². The van der Waals surface area contributed by atoms with Crippen molar-refractivity contribution in [3.63, 3.8) is 0 Å². The normalized spacial score (nSPS) is 11.9. The highest BCUT2D eigenvalue weighted by molar-refractivity contribution is 6.31. The van der Waals surface area contributed by atoms with E-state index in [9.17, 15) is 9.59 Å². The molecule has 2 aromatic rings. The zero-order valence-corrected chi connectivity index (χ0v) is 16.9. The van der Waals surface area contributed by atoms with Crippen molar-refractivity contribution in [1.29, 1.82) is 0 Å². The number of hydrogen-bond donors (Lipinski definition) is 2. The number of hydrogen-bond acceptors (Lipinski definition) is 3. The van der Waals surface area contributed by atoms with Gasteiger partial charge in [-0.1, -0.05) is 41.9 Å². The molecule has 2 N–H and O–H groups in total. The molecule has 5 nitrogen and oxygen atoms in total. The van der Waals surface area contributed by atoms with E-state index in [1.54, 1.807) is 24.9 Å². The van der Waals surface area contributed by atoms with Gasteiger partial charge in [-0.2, -0.15) is 0 Å². The molecule has 0 aliphatic heterocycles. The molecule has 0 saturated heterocycles. The lowest BCUT2D eigenvalue weighted by Gasteiger charge is -2.23. The van der Waals surface area contributed by atoms with Crippen LogP contribution in [0.4, 0.5) is 5.69 Å². The number of carbonyl (C=O) groups excluding carboxylic acids is 2. The Hall–Kier alpha value is -2.37. The fourth-order valence-electron chi connectivity index (χ4n) is 2.61. The quantitative estimate of drug-likeness (QED) is 0.764. The van der Waals surface area contributed by atoms with Crippen LogP contribution in [0, 0.1) is 13.8 Å². The largest absolute Gasteiger partial charge is 0.351 e. The first kappa shape index (κ1) is 20.9. The molecule has 0 radical (unpaired) electrons. The third-order valence-electron chi connectivity index (χ3n) is 4.72. The Morgan fingerprint density at radius 1 is 1.11 bits per heavy atom. The van der Waals surface area contributed by atoms with Crippen molar-refractivity contribution in [2.24, 2.45) is 0 Å². The first-order valence-corrected chi connectivity index (χ1v) is 9.24. The van der Waals surface area contributed by atoms with Crippen LogP contribution in [0.1, 0.15) is 23.6 Å². The fraction of sp³-hybridized carbons (Fsp3) is 0.333. The van der Waals surface area contributed by atoms with E-state index in [-0.39, 0.29) is 18.4 Å². The third kappa shape index (κ3) is 5.81. The van der Waals surface area contributed by atoms with Gasteiger partial charge in [0, 0.05) is 17.3 Å². The molecule has 0 saturated carbocycles. The topological polar surface area (TPSA) is 61.4 Å². The van der Waals surface area contributed by atoms with E-state index in [1.807, 2.05) is 50.2 Å². The minimum atomic E-state index is -0.447. The van der Waals surface area contributed by atoms with Gasteiger partial charge >= 0.3 is 0 Å². The number of benzene rings is 2. The molecule has 0 aromatic heterocycles. The Balaban J connectivity index is 1.87. The minimum absolute atomic E-state index is 0.119. The van der Waals surface area contributed by atoms with Gasteiger partial charge in [0.2, 0.25) is 11.8 Å². The molecule has 27 heavy (non-hydrogen) atoms. The number of anilines is 1. The lowest BCUT2D eigenvalue weighted by atomic mass is 10.1. The molecule has 0 aliphatic rings. The molecule has 0 fully saturated rings. The number of nitrogens with one attached hydrogen (secondary N) is 2. The van der Waals surface area contributed by atoms with Crippen LogP contribution >= 0.6 is 11.6 Å². The summed E-state index contributed by atoms with van der Waals surface area (Å²) >= 11 is 6.10. The molecule has 2 amide bonds. The molecule has 0 heterocycles. The minimum Gasteiger partial charge on any atom is -0.351 e. The van der Waals surface area contributed by atoms with Gasteiger partial charge in [0.15, 0.2) is 0 Å². The smallest absolute Gasteiger partial charge is 0.238 e. The van der Waals surface area contributed by atoms with Crippen LogP contribution in [-0.4, -0.2) is 36.3 Å².